The van der Waals surface area contributed by atoms with E-state index in [9.17, 15) is 4.79 Å². The van der Waals surface area contributed by atoms with E-state index in [2.05, 4.69) is 42.9 Å². The van der Waals surface area contributed by atoms with Gasteiger partial charge in [-0.15, -0.1) is 0 Å². The summed E-state index contributed by atoms with van der Waals surface area (Å²) in [7, 11) is 0. The van der Waals surface area contributed by atoms with Crippen LogP contribution in [0.2, 0.25) is 0 Å². The van der Waals surface area contributed by atoms with Crippen LogP contribution in [0.25, 0.3) is 11.2 Å². The molecule has 0 bridgehead atoms. The Balaban J connectivity index is 1.66. The molecule has 1 aliphatic rings. The SMILES string of the molecule is CC(C)C(=O)NCCn1c(Sc2cc3c(cc2I)OCCO3)nc2c(N)ncnc21. The highest BCUT2D eigenvalue weighted by Crippen LogP contribution is 2.40. The molecule has 0 saturated heterocycles. The fourth-order valence-corrected chi connectivity index (χ4v) is 4.64. The Labute approximate surface area is 191 Å². The second-order valence-electron chi connectivity index (χ2n) is 6.95. The first-order valence-corrected chi connectivity index (χ1v) is 11.3. The van der Waals surface area contributed by atoms with E-state index in [1.165, 1.54) is 18.1 Å². The molecule has 3 N–H and O–H groups in total. The monoisotopic (exact) mass is 540 g/mol. The summed E-state index contributed by atoms with van der Waals surface area (Å²) in [5, 5.41) is 3.65. The van der Waals surface area contributed by atoms with Crippen molar-refractivity contribution in [1.29, 1.82) is 0 Å². The predicted octanol–water partition coefficient (Wildman–Crippen LogP) is 2.71. The molecule has 158 valence electrons. The molecule has 0 aliphatic carbocycles. The molecule has 1 amide bonds. The number of rotatable bonds is 6. The first-order chi connectivity index (χ1) is 14.4. The van der Waals surface area contributed by atoms with Gasteiger partial charge >= 0.3 is 0 Å². The highest BCUT2D eigenvalue weighted by Gasteiger charge is 2.20. The number of nitrogen functional groups attached to an aromatic ring is 1. The molecule has 0 radical (unpaired) electrons. The normalized spacial score (nSPS) is 13.1. The minimum absolute atomic E-state index is 0.00384. The third-order valence-corrected chi connectivity index (χ3v) is 6.79. The number of hydrogen-bond acceptors (Lipinski definition) is 8. The van der Waals surface area contributed by atoms with Crippen LogP contribution in [-0.4, -0.2) is 45.2 Å². The van der Waals surface area contributed by atoms with Gasteiger partial charge in [0.05, 0.1) is 0 Å². The molecule has 0 unspecified atom stereocenters. The number of amides is 1. The van der Waals surface area contributed by atoms with E-state index in [4.69, 9.17) is 15.2 Å². The third kappa shape index (κ3) is 4.26. The lowest BCUT2D eigenvalue weighted by Gasteiger charge is -2.19. The molecule has 1 aromatic carbocycles. The summed E-state index contributed by atoms with van der Waals surface area (Å²) in [6.45, 7) is 5.76. The number of carbonyl (C=O) groups excluding carboxylic acids is 1. The number of nitrogens with one attached hydrogen (secondary N) is 1. The van der Waals surface area contributed by atoms with Crippen LogP contribution >= 0.6 is 34.4 Å². The van der Waals surface area contributed by atoms with Gasteiger partial charge < -0.3 is 25.1 Å². The number of aromatic nitrogens is 4. The van der Waals surface area contributed by atoms with E-state index >= 15 is 0 Å². The topological polar surface area (TPSA) is 117 Å². The van der Waals surface area contributed by atoms with E-state index in [0.29, 0.717) is 48.4 Å². The first-order valence-electron chi connectivity index (χ1n) is 9.45. The lowest BCUT2D eigenvalue weighted by Crippen LogP contribution is -2.30. The van der Waals surface area contributed by atoms with Gasteiger partial charge in [0.2, 0.25) is 5.91 Å². The van der Waals surface area contributed by atoms with Crippen LogP contribution in [-0.2, 0) is 11.3 Å². The standard InChI is InChI=1S/C19H21IN6O3S/c1-10(2)18(27)22-3-4-26-17-15(16(21)23-9-24-17)25-19(26)30-14-8-13-12(7-11(14)20)28-5-6-29-13/h7-10H,3-6H2,1-2H3,(H,22,27)(H2,21,23,24). The number of benzene rings is 1. The van der Waals surface area contributed by atoms with Gasteiger partial charge in [-0.05, 0) is 34.7 Å². The molecule has 11 heteroatoms. The average Bonchev–Trinajstić information content (AvgIpc) is 3.07. The van der Waals surface area contributed by atoms with E-state index in [1.54, 1.807) is 0 Å². The number of carbonyl (C=O) groups is 1. The summed E-state index contributed by atoms with van der Waals surface area (Å²) in [6.07, 6.45) is 1.42. The van der Waals surface area contributed by atoms with Crippen LogP contribution in [0, 0.1) is 9.49 Å². The van der Waals surface area contributed by atoms with Crippen molar-refractivity contribution in [3.63, 3.8) is 0 Å². The molecule has 1 aliphatic heterocycles. The van der Waals surface area contributed by atoms with Crippen molar-refractivity contribution >= 4 is 57.2 Å². The van der Waals surface area contributed by atoms with Crippen LogP contribution in [0.3, 0.4) is 0 Å². The Kier molecular flexibility index (Phi) is 6.18. The average molecular weight is 540 g/mol. The second-order valence-corrected chi connectivity index (χ2v) is 9.12. The Morgan fingerprint density at radius 3 is 2.77 bits per heavy atom. The molecule has 9 nitrogen and oxygen atoms in total. The molecule has 0 fully saturated rings. The molecule has 2 aromatic heterocycles. The van der Waals surface area contributed by atoms with E-state index in [-0.39, 0.29) is 11.8 Å². The maximum atomic E-state index is 11.9. The van der Waals surface area contributed by atoms with Crippen molar-refractivity contribution < 1.29 is 14.3 Å². The Bertz CT molecular complexity index is 1100. The molecular formula is C19H21IN6O3S. The number of nitrogens with two attached hydrogens (primary N) is 1. The minimum atomic E-state index is -0.0735. The number of hydrogen-bond donors (Lipinski definition) is 2. The predicted molar refractivity (Wildman–Crippen MR) is 122 cm³/mol. The van der Waals surface area contributed by atoms with Gasteiger partial charge in [0.25, 0.3) is 0 Å². The van der Waals surface area contributed by atoms with Gasteiger partial charge in [-0.2, -0.15) is 0 Å². The number of ether oxygens (including phenoxy) is 2. The third-order valence-electron chi connectivity index (χ3n) is 4.48. The molecule has 3 aromatic rings. The minimum Gasteiger partial charge on any atom is -0.486 e. The first kappa shape index (κ1) is 21.0. The number of fused-ring (bicyclic) bond motifs is 2. The number of imidazole rings is 1. The van der Waals surface area contributed by atoms with Crippen LogP contribution in [0.15, 0.2) is 28.5 Å². The molecule has 4 rings (SSSR count). The Morgan fingerprint density at radius 1 is 1.30 bits per heavy atom. The summed E-state index contributed by atoms with van der Waals surface area (Å²) in [6, 6.07) is 3.92. The lowest BCUT2D eigenvalue weighted by atomic mass is 10.2. The highest BCUT2D eigenvalue weighted by atomic mass is 127. The molecular weight excluding hydrogens is 519 g/mol. The second kappa shape index (κ2) is 8.84. The zero-order chi connectivity index (χ0) is 21.3. The smallest absolute Gasteiger partial charge is 0.222 e. The summed E-state index contributed by atoms with van der Waals surface area (Å²) in [5.41, 5.74) is 7.21. The van der Waals surface area contributed by atoms with Gasteiger partial charge in [-0.25, -0.2) is 15.0 Å². The van der Waals surface area contributed by atoms with Crippen molar-refractivity contribution in [1.82, 2.24) is 24.8 Å². The highest BCUT2D eigenvalue weighted by molar-refractivity contribution is 14.1. The van der Waals surface area contributed by atoms with Gasteiger partial charge in [0.1, 0.15) is 19.5 Å². The Hall–Kier alpha value is -2.28. The molecule has 0 saturated carbocycles. The number of halogens is 1. The Morgan fingerprint density at radius 2 is 2.03 bits per heavy atom. The number of anilines is 1. The molecule has 3 heterocycles. The van der Waals surface area contributed by atoms with Crippen LogP contribution in [0.4, 0.5) is 5.82 Å². The van der Waals surface area contributed by atoms with E-state index in [1.807, 2.05) is 30.5 Å². The summed E-state index contributed by atoms with van der Waals surface area (Å²) >= 11 is 3.76. The van der Waals surface area contributed by atoms with Crippen LogP contribution in [0.5, 0.6) is 11.5 Å². The van der Waals surface area contributed by atoms with Crippen molar-refractivity contribution in [2.75, 3.05) is 25.5 Å². The van der Waals surface area contributed by atoms with Crippen molar-refractivity contribution in [3.05, 3.63) is 22.0 Å². The number of nitrogens with zero attached hydrogens (tertiary/aromatic N) is 4. The largest absolute Gasteiger partial charge is 0.486 e. The van der Waals surface area contributed by atoms with E-state index < -0.39 is 0 Å². The summed E-state index contributed by atoms with van der Waals surface area (Å²) in [4.78, 5) is 26.0. The molecule has 0 atom stereocenters. The fraction of sp³-hybridized carbons (Fsp3) is 0.368. The zero-order valence-electron chi connectivity index (χ0n) is 16.5. The van der Waals surface area contributed by atoms with Crippen LogP contribution in [0.1, 0.15) is 13.8 Å². The maximum Gasteiger partial charge on any atom is 0.222 e. The van der Waals surface area contributed by atoms with Gasteiger partial charge in [-0.1, -0.05) is 25.6 Å². The van der Waals surface area contributed by atoms with Gasteiger partial charge in [0.15, 0.2) is 33.6 Å². The van der Waals surface area contributed by atoms with Crippen molar-refractivity contribution in [2.45, 2.75) is 30.4 Å². The summed E-state index contributed by atoms with van der Waals surface area (Å²) in [5.74, 6) is 1.72. The zero-order valence-corrected chi connectivity index (χ0v) is 19.5. The summed E-state index contributed by atoms with van der Waals surface area (Å²) < 4.78 is 14.3. The lowest BCUT2D eigenvalue weighted by molar-refractivity contribution is -0.124. The van der Waals surface area contributed by atoms with Crippen molar-refractivity contribution in [3.8, 4) is 11.5 Å². The maximum absolute atomic E-state index is 11.9. The molecule has 0 spiro atoms. The molecule has 30 heavy (non-hydrogen) atoms. The van der Waals surface area contributed by atoms with E-state index in [0.717, 1.165) is 20.0 Å². The van der Waals surface area contributed by atoms with Gasteiger partial charge in [0, 0.05) is 27.5 Å². The quantitative estimate of drug-likeness (QED) is 0.459. The van der Waals surface area contributed by atoms with Crippen LogP contribution < -0.4 is 20.5 Å². The van der Waals surface area contributed by atoms with Gasteiger partial charge in [-0.3, -0.25) is 4.79 Å². The fourth-order valence-electron chi connectivity index (χ4n) is 2.93. The van der Waals surface area contributed by atoms with Crippen molar-refractivity contribution in [2.24, 2.45) is 5.92 Å².